The minimum Gasteiger partial charge on any atom is -0.466 e. The average molecular weight is 357 g/mol. The molecule has 0 radical (unpaired) electrons. The Kier molecular flexibility index (Phi) is 5.91. The van der Waals surface area contributed by atoms with Crippen molar-refractivity contribution >= 4 is 28.7 Å². The zero-order valence-electron chi connectivity index (χ0n) is 12.6. The topological polar surface area (TPSA) is 63.6 Å². The molecule has 0 unspecified atom stereocenters. The van der Waals surface area contributed by atoms with Gasteiger partial charge in [0, 0.05) is 5.38 Å². The fraction of sp³-hybridized carbons (Fsp3) is 0.267. The molecule has 1 aromatic heterocycles. The summed E-state index contributed by atoms with van der Waals surface area (Å²) in [5.74, 6) is -0.373. The van der Waals surface area contributed by atoms with Gasteiger partial charge in [0.1, 0.15) is 0 Å². The highest BCUT2D eigenvalue weighted by Crippen LogP contribution is 2.29. The van der Waals surface area contributed by atoms with Crippen LogP contribution in [0, 0.1) is 0 Å². The van der Waals surface area contributed by atoms with E-state index in [-0.39, 0.29) is 12.4 Å². The minimum absolute atomic E-state index is 0.0589. The number of thiazole rings is 1. The highest BCUT2D eigenvalue weighted by Gasteiger charge is 2.30. The summed E-state index contributed by atoms with van der Waals surface area (Å²) >= 11 is 1.23. The second kappa shape index (κ2) is 7.91. The number of aromatic nitrogens is 1. The molecule has 0 aliphatic rings. The van der Waals surface area contributed by atoms with Gasteiger partial charge in [-0.05, 0) is 24.6 Å². The summed E-state index contributed by atoms with van der Waals surface area (Å²) in [4.78, 5) is 15.5. The van der Waals surface area contributed by atoms with Crippen molar-refractivity contribution in [1.82, 2.24) is 4.98 Å². The second-order valence-electron chi connectivity index (χ2n) is 4.62. The van der Waals surface area contributed by atoms with Crippen molar-refractivity contribution in [2.24, 2.45) is 5.10 Å². The summed E-state index contributed by atoms with van der Waals surface area (Å²) in [7, 11) is 0. The number of hydrogen-bond donors (Lipinski definition) is 1. The van der Waals surface area contributed by atoms with Gasteiger partial charge in [0.05, 0.1) is 30.5 Å². The van der Waals surface area contributed by atoms with Crippen LogP contribution in [0.5, 0.6) is 0 Å². The third-order valence-electron chi connectivity index (χ3n) is 2.77. The van der Waals surface area contributed by atoms with E-state index in [1.807, 2.05) is 0 Å². The van der Waals surface area contributed by atoms with Gasteiger partial charge in [-0.3, -0.25) is 10.2 Å². The SMILES string of the molecule is CCOC(=O)Cc1csc(N/N=C\c2cccc(C(F)(F)F)c2)n1. The maximum absolute atomic E-state index is 12.6. The summed E-state index contributed by atoms with van der Waals surface area (Å²) in [6.45, 7) is 2.02. The second-order valence-corrected chi connectivity index (χ2v) is 5.48. The third-order valence-corrected chi connectivity index (χ3v) is 3.57. The molecule has 1 heterocycles. The molecule has 0 saturated heterocycles. The number of hydrazone groups is 1. The van der Waals surface area contributed by atoms with Crippen molar-refractivity contribution in [3.8, 4) is 0 Å². The number of nitrogens with one attached hydrogen (secondary N) is 1. The van der Waals surface area contributed by atoms with Crippen LogP contribution in [0.2, 0.25) is 0 Å². The third kappa shape index (κ3) is 5.34. The summed E-state index contributed by atoms with van der Waals surface area (Å²) in [5.41, 5.74) is 2.73. The number of carbonyl (C=O) groups is 1. The predicted octanol–water partition coefficient (Wildman–Crippen LogP) is 3.71. The zero-order valence-corrected chi connectivity index (χ0v) is 13.4. The van der Waals surface area contributed by atoms with Gasteiger partial charge in [0.25, 0.3) is 0 Å². The van der Waals surface area contributed by atoms with Crippen LogP contribution in [0.3, 0.4) is 0 Å². The number of carbonyl (C=O) groups excluding carboxylic acids is 1. The van der Waals surface area contributed by atoms with Gasteiger partial charge in [-0.25, -0.2) is 4.98 Å². The van der Waals surface area contributed by atoms with E-state index < -0.39 is 11.7 Å². The Morgan fingerprint density at radius 3 is 2.96 bits per heavy atom. The van der Waals surface area contributed by atoms with E-state index in [0.29, 0.717) is 23.0 Å². The maximum atomic E-state index is 12.6. The van der Waals surface area contributed by atoms with Crippen LogP contribution >= 0.6 is 11.3 Å². The van der Waals surface area contributed by atoms with Crippen molar-refractivity contribution in [3.63, 3.8) is 0 Å². The van der Waals surface area contributed by atoms with Gasteiger partial charge in [0.2, 0.25) is 5.13 Å². The number of rotatable bonds is 6. The van der Waals surface area contributed by atoms with Gasteiger partial charge in [-0.1, -0.05) is 12.1 Å². The van der Waals surface area contributed by atoms with Gasteiger partial charge in [-0.15, -0.1) is 11.3 Å². The zero-order chi connectivity index (χ0) is 17.6. The number of esters is 1. The van der Waals surface area contributed by atoms with E-state index >= 15 is 0 Å². The van der Waals surface area contributed by atoms with Crippen LogP contribution < -0.4 is 5.43 Å². The molecule has 1 aromatic carbocycles. The van der Waals surface area contributed by atoms with E-state index in [4.69, 9.17) is 4.74 Å². The van der Waals surface area contributed by atoms with Crippen LogP contribution in [0.1, 0.15) is 23.7 Å². The largest absolute Gasteiger partial charge is 0.466 e. The molecule has 0 saturated carbocycles. The monoisotopic (exact) mass is 357 g/mol. The normalized spacial score (nSPS) is 11.7. The van der Waals surface area contributed by atoms with Gasteiger partial charge in [0.15, 0.2) is 0 Å². The molecule has 1 N–H and O–H groups in total. The molecule has 0 fully saturated rings. The molecule has 0 bridgehead atoms. The molecule has 0 aliphatic heterocycles. The Hall–Kier alpha value is -2.42. The van der Waals surface area contributed by atoms with Crippen molar-refractivity contribution in [3.05, 3.63) is 46.5 Å². The number of ether oxygens (including phenoxy) is 1. The van der Waals surface area contributed by atoms with Crippen molar-refractivity contribution < 1.29 is 22.7 Å². The smallest absolute Gasteiger partial charge is 0.416 e. The highest BCUT2D eigenvalue weighted by atomic mass is 32.1. The Labute approximate surface area is 140 Å². The Balaban J connectivity index is 1.95. The lowest BCUT2D eigenvalue weighted by Crippen LogP contribution is -2.07. The van der Waals surface area contributed by atoms with Crippen LogP contribution in [0.25, 0.3) is 0 Å². The number of alkyl halides is 3. The molecule has 2 aromatic rings. The van der Waals surface area contributed by atoms with Crippen LogP contribution in [-0.4, -0.2) is 23.8 Å². The fourth-order valence-electron chi connectivity index (χ4n) is 1.76. The standard InChI is InChI=1S/C15H14F3N3O2S/c1-2-23-13(22)7-12-9-24-14(20-12)21-19-8-10-4-3-5-11(6-10)15(16,17)18/h3-6,8-9H,2,7H2,1H3,(H,20,21)/b19-8-. The number of anilines is 1. The Bertz CT molecular complexity index is 729. The molecule has 0 atom stereocenters. The molecule has 5 nitrogen and oxygen atoms in total. The summed E-state index contributed by atoms with van der Waals surface area (Å²) in [6.07, 6.45) is -3.07. The van der Waals surface area contributed by atoms with Gasteiger partial charge >= 0.3 is 12.1 Å². The first kappa shape index (κ1) is 17.9. The molecular formula is C15H14F3N3O2S. The molecule has 24 heavy (non-hydrogen) atoms. The molecule has 0 amide bonds. The quantitative estimate of drug-likeness (QED) is 0.486. The summed E-state index contributed by atoms with van der Waals surface area (Å²) in [5, 5.41) is 5.96. The van der Waals surface area contributed by atoms with E-state index in [9.17, 15) is 18.0 Å². The Morgan fingerprint density at radius 1 is 1.46 bits per heavy atom. The van der Waals surface area contributed by atoms with Crippen LogP contribution in [0.15, 0.2) is 34.7 Å². The number of nitrogens with zero attached hydrogens (tertiary/aromatic N) is 2. The highest BCUT2D eigenvalue weighted by molar-refractivity contribution is 7.13. The number of halogens is 3. The minimum atomic E-state index is -4.39. The number of hydrogen-bond acceptors (Lipinski definition) is 6. The summed E-state index contributed by atoms with van der Waals surface area (Å²) in [6, 6.07) is 4.81. The van der Waals surface area contributed by atoms with Gasteiger partial charge in [-0.2, -0.15) is 18.3 Å². The lowest BCUT2D eigenvalue weighted by molar-refractivity contribution is -0.142. The summed E-state index contributed by atoms with van der Waals surface area (Å²) < 4.78 is 42.6. The van der Waals surface area contributed by atoms with Crippen LogP contribution in [0.4, 0.5) is 18.3 Å². The van der Waals surface area contributed by atoms with E-state index in [2.05, 4.69) is 15.5 Å². The molecular weight excluding hydrogens is 343 g/mol. The van der Waals surface area contributed by atoms with Gasteiger partial charge < -0.3 is 4.74 Å². The van der Waals surface area contributed by atoms with Crippen molar-refractivity contribution in [2.45, 2.75) is 19.5 Å². The van der Waals surface area contributed by atoms with E-state index in [1.54, 1.807) is 12.3 Å². The molecule has 2 rings (SSSR count). The maximum Gasteiger partial charge on any atom is 0.416 e. The number of benzene rings is 1. The van der Waals surface area contributed by atoms with Crippen molar-refractivity contribution in [1.29, 1.82) is 0 Å². The first-order valence-corrected chi connectivity index (χ1v) is 7.83. The fourth-order valence-corrected chi connectivity index (χ4v) is 2.42. The molecule has 0 aliphatic carbocycles. The van der Waals surface area contributed by atoms with Crippen molar-refractivity contribution in [2.75, 3.05) is 12.0 Å². The van der Waals surface area contributed by atoms with E-state index in [1.165, 1.54) is 29.7 Å². The lowest BCUT2D eigenvalue weighted by Gasteiger charge is -2.06. The first-order valence-electron chi connectivity index (χ1n) is 6.95. The molecule has 0 spiro atoms. The molecule has 9 heteroatoms. The predicted molar refractivity (Wildman–Crippen MR) is 85.1 cm³/mol. The average Bonchev–Trinajstić information content (AvgIpc) is 2.94. The molecule has 128 valence electrons. The lowest BCUT2D eigenvalue weighted by atomic mass is 10.1. The van der Waals surface area contributed by atoms with E-state index in [0.717, 1.165) is 12.1 Å². The van der Waals surface area contributed by atoms with Crippen LogP contribution in [-0.2, 0) is 22.1 Å². The Morgan fingerprint density at radius 2 is 2.25 bits per heavy atom. The first-order chi connectivity index (χ1) is 11.4.